The van der Waals surface area contributed by atoms with Crippen molar-refractivity contribution in [3.05, 3.63) is 54.1 Å². The molecule has 0 spiro atoms. The fraction of sp³-hybridized carbons (Fsp3) is 0.400. The number of nitrogens with one attached hydrogen (secondary N) is 1. The number of rotatable bonds is 9. The van der Waals surface area contributed by atoms with Crippen LogP contribution in [0.1, 0.15) is 51.0 Å². The zero-order valence-electron chi connectivity index (χ0n) is 13.5. The lowest BCUT2D eigenvalue weighted by Gasteiger charge is -2.09. The molecule has 0 unspecified atom stereocenters. The summed E-state index contributed by atoms with van der Waals surface area (Å²) in [6, 6.07) is 15.8. The van der Waals surface area contributed by atoms with Crippen LogP contribution in [-0.2, 0) is 6.42 Å². The van der Waals surface area contributed by atoms with Crippen molar-refractivity contribution in [1.82, 2.24) is 0 Å². The van der Waals surface area contributed by atoms with E-state index in [1.54, 1.807) is 12.1 Å². The molecule has 2 aromatic rings. The summed E-state index contributed by atoms with van der Waals surface area (Å²) in [7, 11) is 0. The molecule has 22 heavy (non-hydrogen) atoms. The number of anilines is 2. The molecule has 0 aliphatic rings. The lowest BCUT2D eigenvalue weighted by atomic mass is 10.0. The Hall–Kier alpha value is -1.96. The molecule has 0 heterocycles. The summed E-state index contributed by atoms with van der Waals surface area (Å²) in [6.07, 6.45) is 9.16. The summed E-state index contributed by atoms with van der Waals surface area (Å²) >= 11 is 0. The van der Waals surface area contributed by atoms with Gasteiger partial charge in [0.2, 0.25) is 0 Å². The van der Waals surface area contributed by atoms with Gasteiger partial charge in [-0.2, -0.15) is 0 Å². The molecule has 0 radical (unpaired) electrons. The molecular formula is C20H27NO. The van der Waals surface area contributed by atoms with Gasteiger partial charge in [0, 0.05) is 11.4 Å². The summed E-state index contributed by atoms with van der Waals surface area (Å²) in [5.41, 5.74) is 3.49. The minimum absolute atomic E-state index is 0.294. The lowest BCUT2D eigenvalue weighted by molar-refractivity contribution is 0.475. The van der Waals surface area contributed by atoms with Crippen LogP contribution < -0.4 is 5.32 Å². The van der Waals surface area contributed by atoms with Crippen molar-refractivity contribution in [1.29, 1.82) is 0 Å². The van der Waals surface area contributed by atoms with Gasteiger partial charge in [0.1, 0.15) is 5.75 Å². The Bertz CT molecular complexity index is 548. The standard InChI is InChI=1S/C20H27NO/c1-2-3-4-5-6-7-9-17-10-8-11-19(16-17)21-18-12-14-20(22)15-13-18/h8,10-16,21-22H,2-7,9H2,1H3. The van der Waals surface area contributed by atoms with Crippen molar-refractivity contribution >= 4 is 11.4 Å². The second-order valence-corrected chi connectivity index (χ2v) is 5.89. The predicted molar refractivity (Wildman–Crippen MR) is 94.9 cm³/mol. The molecule has 118 valence electrons. The van der Waals surface area contributed by atoms with Gasteiger partial charge in [0.05, 0.1) is 0 Å². The molecule has 0 atom stereocenters. The van der Waals surface area contributed by atoms with Crippen LogP contribution in [0.4, 0.5) is 11.4 Å². The maximum atomic E-state index is 9.31. The predicted octanol–water partition coefficient (Wildman–Crippen LogP) is 6.04. The van der Waals surface area contributed by atoms with E-state index in [1.807, 2.05) is 12.1 Å². The first kappa shape index (κ1) is 16.4. The van der Waals surface area contributed by atoms with Crippen LogP contribution in [0, 0.1) is 0 Å². The van der Waals surface area contributed by atoms with E-state index >= 15 is 0 Å². The molecule has 2 aromatic carbocycles. The van der Waals surface area contributed by atoms with Gasteiger partial charge in [-0.3, -0.25) is 0 Å². The Labute approximate surface area is 134 Å². The molecule has 0 bridgehead atoms. The highest BCUT2D eigenvalue weighted by Crippen LogP contribution is 2.21. The topological polar surface area (TPSA) is 32.3 Å². The van der Waals surface area contributed by atoms with Gasteiger partial charge in [-0.05, 0) is 54.8 Å². The maximum Gasteiger partial charge on any atom is 0.115 e. The minimum Gasteiger partial charge on any atom is -0.508 e. The zero-order valence-corrected chi connectivity index (χ0v) is 13.5. The number of phenolic OH excluding ortho intramolecular Hbond substituents is 1. The van der Waals surface area contributed by atoms with Crippen molar-refractivity contribution in [2.24, 2.45) is 0 Å². The summed E-state index contributed by atoms with van der Waals surface area (Å²) in [5.74, 6) is 0.294. The van der Waals surface area contributed by atoms with Crippen LogP contribution in [0.5, 0.6) is 5.75 Å². The van der Waals surface area contributed by atoms with Crippen molar-refractivity contribution < 1.29 is 5.11 Å². The van der Waals surface area contributed by atoms with Crippen molar-refractivity contribution in [2.75, 3.05) is 5.32 Å². The maximum absolute atomic E-state index is 9.31. The van der Waals surface area contributed by atoms with Crippen molar-refractivity contribution in [2.45, 2.75) is 51.9 Å². The van der Waals surface area contributed by atoms with E-state index in [2.05, 4.69) is 36.5 Å². The molecule has 0 saturated carbocycles. The lowest BCUT2D eigenvalue weighted by Crippen LogP contribution is -1.92. The van der Waals surface area contributed by atoms with Gasteiger partial charge >= 0.3 is 0 Å². The second kappa shape index (κ2) is 9.14. The van der Waals surface area contributed by atoms with Crippen molar-refractivity contribution in [3.8, 4) is 5.75 Å². The summed E-state index contributed by atoms with van der Waals surface area (Å²) in [5, 5.41) is 12.7. The Balaban J connectivity index is 1.80. The Kier molecular flexibility index (Phi) is 6.82. The van der Waals surface area contributed by atoms with Gasteiger partial charge in [0.15, 0.2) is 0 Å². The first-order chi connectivity index (χ1) is 10.8. The zero-order chi connectivity index (χ0) is 15.6. The SMILES string of the molecule is CCCCCCCCc1cccc(Nc2ccc(O)cc2)c1. The van der Waals surface area contributed by atoms with Gasteiger partial charge in [0.25, 0.3) is 0 Å². The van der Waals surface area contributed by atoms with E-state index in [9.17, 15) is 5.11 Å². The quantitative estimate of drug-likeness (QED) is 0.437. The van der Waals surface area contributed by atoms with E-state index in [4.69, 9.17) is 0 Å². The molecule has 0 aliphatic carbocycles. The highest BCUT2D eigenvalue weighted by molar-refractivity contribution is 5.60. The van der Waals surface area contributed by atoms with E-state index < -0.39 is 0 Å². The van der Waals surface area contributed by atoms with E-state index in [-0.39, 0.29) is 0 Å². The Morgan fingerprint density at radius 3 is 2.32 bits per heavy atom. The van der Waals surface area contributed by atoms with Crippen LogP contribution in [0.15, 0.2) is 48.5 Å². The van der Waals surface area contributed by atoms with Crippen molar-refractivity contribution in [3.63, 3.8) is 0 Å². The molecule has 2 nitrogen and oxygen atoms in total. The molecular weight excluding hydrogens is 270 g/mol. The van der Waals surface area contributed by atoms with Crippen LogP contribution in [0.3, 0.4) is 0 Å². The monoisotopic (exact) mass is 297 g/mol. The fourth-order valence-corrected chi connectivity index (χ4v) is 2.63. The Morgan fingerprint density at radius 2 is 1.55 bits per heavy atom. The van der Waals surface area contributed by atoms with E-state index in [0.29, 0.717) is 5.75 Å². The number of hydrogen-bond acceptors (Lipinski definition) is 2. The molecule has 2 N–H and O–H groups in total. The summed E-state index contributed by atoms with van der Waals surface area (Å²) in [4.78, 5) is 0. The molecule has 2 rings (SSSR count). The smallest absolute Gasteiger partial charge is 0.115 e. The summed E-state index contributed by atoms with van der Waals surface area (Å²) < 4.78 is 0. The molecule has 0 fully saturated rings. The fourth-order valence-electron chi connectivity index (χ4n) is 2.63. The van der Waals surface area contributed by atoms with Gasteiger partial charge in [-0.25, -0.2) is 0 Å². The molecule has 0 aromatic heterocycles. The van der Waals surface area contributed by atoms with Gasteiger partial charge < -0.3 is 10.4 Å². The van der Waals surface area contributed by atoms with Gasteiger partial charge in [-0.1, -0.05) is 51.2 Å². The molecule has 2 heteroatoms. The van der Waals surface area contributed by atoms with E-state index in [0.717, 1.165) is 17.8 Å². The third-order valence-electron chi connectivity index (χ3n) is 3.90. The van der Waals surface area contributed by atoms with Gasteiger partial charge in [-0.15, -0.1) is 0 Å². The summed E-state index contributed by atoms with van der Waals surface area (Å²) in [6.45, 7) is 2.26. The van der Waals surface area contributed by atoms with E-state index in [1.165, 1.54) is 44.1 Å². The second-order valence-electron chi connectivity index (χ2n) is 5.89. The highest BCUT2D eigenvalue weighted by atomic mass is 16.3. The molecule has 0 aliphatic heterocycles. The first-order valence-electron chi connectivity index (χ1n) is 8.43. The number of unbranched alkanes of at least 4 members (excludes halogenated alkanes) is 5. The number of hydrogen-bond donors (Lipinski definition) is 2. The van der Waals surface area contributed by atoms with Crippen LogP contribution in [0.2, 0.25) is 0 Å². The number of phenols is 1. The third kappa shape index (κ3) is 5.80. The van der Waals surface area contributed by atoms with Crippen LogP contribution in [-0.4, -0.2) is 5.11 Å². The third-order valence-corrected chi connectivity index (χ3v) is 3.90. The normalized spacial score (nSPS) is 10.6. The number of aryl methyl sites for hydroxylation is 1. The minimum atomic E-state index is 0.294. The number of aromatic hydroxyl groups is 1. The molecule has 0 saturated heterocycles. The average Bonchev–Trinajstić information content (AvgIpc) is 2.53. The first-order valence-corrected chi connectivity index (χ1v) is 8.43. The van der Waals surface area contributed by atoms with Crippen LogP contribution >= 0.6 is 0 Å². The number of benzene rings is 2. The Morgan fingerprint density at radius 1 is 0.818 bits per heavy atom. The van der Waals surface area contributed by atoms with Crippen LogP contribution in [0.25, 0.3) is 0 Å². The largest absolute Gasteiger partial charge is 0.508 e. The highest BCUT2D eigenvalue weighted by Gasteiger charge is 1.98. The molecule has 0 amide bonds. The average molecular weight is 297 g/mol.